The third kappa shape index (κ3) is 4.72. The minimum Gasteiger partial charge on any atom is -0.496 e. The fourth-order valence-electron chi connectivity index (χ4n) is 2.08. The van der Waals surface area contributed by atoms with Crippen molar-refractivity contribution in [2.45, 2.75) is 6.92 Å². The maximum atomic E-state index is 12.2. The lowest BCUT2D eigenvalue weighted by Gasteiger charge is -2.11. The molecule has 2 aromatic rings. The molecule has 2 N–H and O–H groups in total. The van der Waals surface area contributed by atoms with Crippen LogP contribution in [0.1, 0.15) is 15.9 Å². The lowest BCUT2D eigenvalue weighted by atomic mass is 10.2. The predicted molar refractivity (Wildman–Crippen MR) is 97.8 cm³/mol. The van der Waals surface area contributed by atoms with Crippen LogP contribution in [0, 0.1) is 6.92 Å². The summed E-state index contributed by atoms with van der Waals surface area (Å²) in [6.07, 6.45) is 0. The normalized spacial score (nSPS) is 10.2. The zero-order valence-electron chi connectivity index (χ0n) is 13.2. The minimum atomic E-state index is -0.433. The van der Waals surface area contributed by atoms with E-state index < -0.39 is 5.91 Å². The Morgan fingerprint density at radius 2 is 1.96 bits per heavy atom. The summed E-state index contributed by atoms with van der Waals surface area (Å²) in [6.45, 7) is 1.72. The summed E-state index contributed by atoms with van der Waals surface area (Å²) in [5, 5.41) is 5.72. The average Bonchev–Trinajstić information content (AvgIpc) is 2.55. The second-order valence-corrected chi connectivity index (χ2v) is 6.39. The van der Waals surface area contributed by atoms with Crippen molar-refractivity contribution in [3.63, 3.8) is 0 Å². The number of benzene rings is 2. The fraction of sp³-hybridized carbons (Fsp3) is 0.176. The highest BCUT2D eigenvalue weighted by Crippen LogP contribution is 2.22. The van der Waals surface area contributed by atoms with E-state index in [-0.39, 0.29) is 18.0 Å². The molecule has 0 spiro atoms. The van der Waals surface area contributed by atoms with Crippen LogP contribution in [0.15, 0.2) is 40.9 Å². The molecule has 0 unspecified atom stereocenters. The van der Waals surface area contributed by atoms with E-state index in [9.17, 15) is 9.59 Å². The molecule has 7 heteroatoms. The maximum Gasteiger partial charge on any atom is 0.255 e. The van der Waals surface area contributed by atoms with Gasteiger partial charge in [-0.1, -0.05) is 27.5 Å². The zero-order chi connectivity index (χ0) is 17.7. The highest BCUT2D eigenvalue weighted by atomic mass is 79.9. The molecule has 0 radical (unpaired) electrons. The number of hydrogen-bond donors (Lipinski definition) is 2. The lowest BCUT2D eigenvalue weighted by Crippen LogP contribution is -2.33. The highest BCUT2D eigenvalue weighted by Gasteiger charge is 2.14. The molecule has 0 heterocycles. The van der Waals surface area contributed by atoms with Crippen molar-refractivity contribution in [1.29, 1.82) is 0 Å². The molecule has 0 fully saturated rings. The number of carbonyl (C=O) groups excluding carboxylic acids is 2. The van der Waals surface area contributed by atoms with Crippen LogP contribution in [-0.2, 0) is 4.79 Å². The standard InChI is InChI=1S/C17H16BrClN2O3/c1-10-7-11(18)3-5-14(10)21-16(22)9-20-17(23)13-8-12(19)4-6-15(13)24-2/h3-8H,9H2,1-2H3,(H,20,23)(H,21,22). The number of amides is 2. The Kier molecular flexibility index (Phi) is 6.23. The van der Waals surface area contributed by atoms with E-state index >= 15 is 0 Å². The van der Waals surface area contributed by atoms with Gasteiger partial charge in [0, 0.05) is 15.2 Å². The third-order valence-corrected chi connectivity index (χ3v) is 4.01. The molecule has 0 aromatic heterocycles. The number of ether oxygens (including phenoxy) is 1. The smallest absolute Gasteiger partial charge is 0.255 e. The summed E-state index contributed by atoms with van der Waals surface area (Å²) in [5.74, 6) is -0.368. The molecule has 0 aliphatic rings. The maximum absolute atomic E-state index is 12.2. The second-order valence-electron chi connectivity index (χ2n) is 5.03. The largest absolute Gasteiger partial charge is 0.496 e. The van der Waals surface area contributed by atoms with Crippen LogP contribution < -0.4 is 15.4 Å². The molecule has 24 heavy (non-hydrogen) atoms. The van der Waals surface area contributed by atoms with Crippen LogP contribution in [0.3, 0.4) is 0 Å². The highest BCUT2D eigenvalue weighted by molar-refractivity contribution is 9.10. The van der Waals surface area contributed by atoms with Gasteiger partial charge in [-0.2, -0.15) is 0 Å². The Balaban J connectivity index is 1.99. The monoisotopic (exact) mass is 410 g/mol. The van der Waals surface area contributed by atoms with Gasteiger partial charge >= 0.3 is 0 Å². The Morgan fingerprint density at radius 1 is 1.21 bits per heavy atom. The molecule has 2 aromatic carbocycles. The molecule has 5 nitrogen and oxygen atoms in total. The van der Waals surface area contributed by atoms with Gasteiger partial charge in [-0.25, -0.2) is 0 Å². The minimum absolute atomic E-state index is 0.163. The van der Waals surface area contributed by atoms with Gasteiger partial charge in [-0.05, 0) is 48.9 Å². The van der Waals surface area contributed by atoms with Crippen molar-refractivity contribution in [3.8, 4) is 5.75 Å². The van der Waals surface area contributed by atoms with Crippen molar-refractivity contribution in [2.24, 2.45) is 0 Å². The average molecular weight is 412 g/mol. The van der Waals surface area contributed by atoms with Crippen LogP contribution in [-0.4, -0.2) is 25.5 Å². The first kappa shape index (κ1) is 18.3. The van der Waals surface area contributed by atoms with Crippen LogP contribution in [0.25, 0.3) is 0 Å². The molecule has 0 atom stereocenters. The number of halogens is 2. The SMILES string of the molecule is COc1ccc(Cl)cc1C(=O)NCC(=O)Nc1ccc(Br)cc1C. The molecule has 0 aliphatic carbocycles. The van der Waals surface area contributed by atoms with E-state index in [2.05, 4.69) is 26.6 Å². The topological polar surface area (TPSA) is 67.4 Å². The molecule has 0 saturated heterocycles. The van der Waals surface area contributed by atoms with Crippen molar-refractivity contribution in [1.82, 2.24) is 5.32 Å². The first-order chi connectivity index (χ1) is 11.4. The van der Waals surface area contributed by atoms with Crippen LogP contribution in [0.4, 0.5) is 5.69 Å². The Morgan fingerprint density at radius 3 is 2.62 bits per heavy atom. The third-order valence-electron chi connectivity index (χ3n) is 3.28. The van der Waals surface area contributed by atoms with Gasteiger partial charge in [0.05, 0.1) is 19.2 Å². The Labute approximate surface area is 153 Å². The van der Waals surface area contributed by atoms with Crippen molar-refractivity contribution in [2.75, 3.05) is 19.0 Å². The van der Waals surface area contributed by atoms with Crippen molar-refractivity contribution in [3.05, 3.63) is 57.0 Å². The summed E-state index contributed by atoms with van der Waals surface area (Å²) in [7, 11) is 1.46. The molecule has 126 valence electrons. The number of rotatable bonds is 5. The van der Waals surface area contributed by atoms with Gasteiger partial charge in [0.1, 0.15) is 5.75 Å². The first-order valence-electron chi connectivity index (χ1n) is 7.08. The lowest BCUT2D eigenvalue weighted by molar-refractivity contribution is -0.115. The predicted octanol–water partition coefficient (Wildman–Crippen LogP) is 3.79. The van der Waals surface area contributed by atoms with E-state index in [0.717, 1.165) is 10.0 Å². The van der Waals surface area contributed by atoms with Crippen LogP contribution >= 0.6 is 27.5 Å². The zero-order valence-corrected chi connectivity index (χ0v) is 15.5. The summed E-state index contributed by atoms with van der Waals surface area (Å²) in [5.41, 5.74) is 1.89. The van der Waals surface area contributed by atoms with Crippen LogP contribution in [0.2, 0.25) is 5.02 Å². The van der Waals surface area contributed by atoms with Gasteiger partial charge in [-0.3, -0.25) is 9.59 Å². The molecule has 0 saturated carbocycles. The Hall–Kier alpha value is -2.05. The number of anilines is 1. The van der Waals surface area contributed by atoms with Gasteiger partial charge < -0.3 is 15.4 Å². The van der Waals surface area contributed by atoms with Gasteiger partial charge in [0.2, 0.25) is 5.91 Å². The number of aryl methyl sites for hydroxylation is 1. The Bertz CT molecular complexity index is 780. The van der Waals surface area contributed by atoms with Gasteiger partial charge in [0.25, 0.3) is 5.91 Å². The van der Waals surface area contributed by atoms with Gasteiger partial charge in [0.15, 0.2) is 0 Å². The number of carbonyl (C=O) groups is 2. The van der Waals surface area contributed by atoms with E-state index in [0.29, 0.717) is 16.5 Å². The molecular formula is C17H16BrClN2O3. The first-order valence-corrected chi connectivity index (χ1v) is 8.25. The van der Waals surface area contributed by atoms with E-state index in [4.69, 9.17) is 16.3 Å². The fourth-order valence-corrected chi connectivity index (χ4v) is 2.72. The van der Waals surface area contributed by atoms with Crippen LogP contribution in [0.5, 0.6) is 5.75 Å². The summed E-state index contributed by atoms with van der Waals surface area (Å²) in [4.78, 5) is 24.2. The molecule has 2 rings (SSSR count). The van der Waals surface area contributed by atoms with E-state index in [1.165, 1.54) is 13.2 Å². The molecule has 0 aliphatic heterocycles. The van der Waals surface area contributed by atoms with Crippen molar-refractivity contribution < 1.29 is 14.3 Å². The van der Waals surface area contributed by atoms with Gasteiger partial charge in [-0.15, -0.1) is 0 Å². The number of nitrogens with one attached hydrogen (secondary N) is 2. The van der Waals surface area contributed by atoms with Crippen molar-refractivity contribution >= 4 is 45.0 Å². The van der Waals surface area contributed by atoms with E-state index in [1.54, 1.807) is 18.2 Å². The quantitative estimate of drug-likeness (QED) is 0.786. The summed E-state index contributed by atoms with van der Waals surface area (Å²) < 4.78 is 6.06. The summed E-state index contributed by atoms with van der Waals surface area (Å²) >= 11 is 9.26. The molecular weight excluding hydrogens is 396 g/mol. The number of methoxy groups -OCH3 is 1. The second kappa shape index (κ2) is 8.17. The van der Waals surface area contributed by atoms with E-state index in [1.807, 2.05) is 19.1 Å². The number of hydrogen-bond acceptors (Lipinski definition) is 3. The molecule has 0 bridgehead atoms. The summed E-state index contributed by atoms with van der Waals surface area (Å²) in [6, 6.07) is 10.2. The molecule has 2 amide bonds.